The first-order valence-electron chi connectivity index (χ1n) is 12.0. The summed E-state index contributed by atoms with van der Waals surface area (Å²) >= 11 is 1.70. The smallest absolute Gasteiger partial charge is 0.254 e. The van der Waals surface area contributed by atoms with Gasteiger partial charge in [0.25, 0.3) is 5.91 Å². The third-order valence-electron chi connectivity index (χ3n) is 6.41. The normalized spacial score (nSPS) is 14.8. The van der Waals surface area contributed by atoms with E-state index < -0.39 is 0 Å². The van der Waals surface area contributed by atoms with E-state index in [0.717, 1.165) is 12.0 Å². The molecule has 1 atom stereocenters. The molecule has 36 heavy (non-hydrogen) atoms. The Morgan fingerprint density at radius 1 is 1.03 bits per heavy atom. The third kappa shape index (κ3) is 5.49. The van der Waals surface area contributed by atoms with Crippen LogP contribution < -0.4 is 14.2 Å². The van der Waals surface area contributed by atoms with Gasteiger partial charge in [-0.2, -0.15) is 0 Å². The second kappa shape index (κ2) is 11.5. The molecule has 0 saturated heterocycles. The van der Waals surface area contributed by atoms with Crippen molar-refractivity contribution in [2.45, 2.75) is 32.4 Å². The Morgan fingerprint density at radius 2 is 1.75 bits per heavy atom. The van der Waals surface area contributed by atoms with Crippen LogP contribution in [0, 0.1) is 0 Å². The van der Waals surface area contributed by atoms with E-state index in [9.17, 15) is 9.59 Å². The summed E-state index contributed by atoms with van der Waals surface area (Å²) in [5, 5.41) is 2.06. The molecule has 1 aromatic heterocycles. The molecule has 1 aliphatic rings. The lowest BCUT2D eigenvalue weighted by Crippen LogP contribution is -2.49. The molecule has 3 aromatic rings. The average molecular weight is 509 g/mol. The van der Waals surface area contributed by atoms with Gasteiger partial charge in [-0.1, -0.05) is 12.1 Å². The van der Waals surface area contributed by atoms with Crippen molar-refractivity contribution < 1.29 is 23.8 Å². The van der Waals surface area contributed by atoms with Gasteiger partial charge in [-0.05, 0) is 73.7 Å². The summed E-state index contributed by atoms with van der Waals surface area (Å²) in [5.74, 6) is 1.67. The van der Waals surface area contributed by atoms with E-state index >= 15 is 0 Å². The number of thiophene rings is 1. The molecule has 0 spiro atoms. The number of methoxy groups -OCH3 is 2. The Bertz CT molecular complexity index is 1190. The molecule has 0 radical (unpaired) electrons. The lowest BCUT2D eigenvalue weighted by atomic mass is 10.00. The fourth-order valence-corrected chi connectivity index (χ4v) is 5.33. The quantitative estimate of drug-likeness (QED) is 0.415. The van der Waals surface area contributed by atoms with Gasteiger partial charge in [0.2, 0.25) is 5.91 Å². The van der Waals surface area contributed by atoms with E-state index in [4.69, 9.17) is 14.2 Å². The summed E-state index contributed by atoms with van der Waals surface area (Å²) in [7, 11) is 3.19. The van der Waals surface area contributed by atoms with Crippen LogP contribution in [0.3, 0.4) is 0 Å². The number of hydrogen-bond donors (Lipinski definition) is 0. The number of amides is 2. The van der Waals surface area contributed by atoms with Crippen molar-refractivity contribution in [1.82, 2.24) is 9.80 Å². The predicted octanol–water partition coefficient (Wildman–Crippen LogP) is 4.82. The van der Waals surface area contributed by atoms with E-state index in [1.54, 1.807) is 54.7 Å². The standard InChI is InChI=1S/C28H32N2O5S/c1-19(2)30(28(32)20-9-11-21(33-3)12-10-20)17-27(31)29-15-13-26-22(14-16-36-26)23(29)18-35-25-8-6-5-7-24(25)34-4/h5-12,14,16,19,23H,13,15,17-18H2,1-4H3. The van der Waals surface area contributed by atoms with Gasteiger partial charge in [0.15, 0.2) is 11.5 Å². The zero-order valence-corrected chi connectivity index (χ0v) is 21.9. The molecule has 2 heterocycles. The Kier molecular flexibility index (Phi) is 8.15. The number of ether oxygens (including phenoxy) is 3. The van der Waals surface area contributed by atoms with Gasteiger partial charge in [-0.25, -0.2) is 0 Å². The number of rotatable bonds is 9. The maximum Gasteiger partial charge on any atom is 0.254 e. The Balaban J connectivity index is 1.53. The molecule has 0 fully saturated rings. The summed E-state index contributed by atoms with van der Waals surface area (Å²) < 4.78 is 16.8. The van der Waals surface area contributed by atoms with Gasteiger partial charge in [-0.3, -0.25) is 9.59 Å². The largest absolute Gasteiger partial charge is 0.497 e. The van der Waals surface area contributed by atoms with Crippen LogP contribution in [0.5, 0.6) is 17.2 Å². The van der Waals surface area contributed by atoms with Crippen molar-refractivity contribution in [2.75, 3.05) is 33.9 Å². The molecule has 190 valence electrons. The molecule has 2 aromatic carbocycles. The molecule has 1 aliphatic heterocycles. The van der Waals surface area contributed by atoms with Crippen LogP contribution in [0.15, 0.2) is 60.0 Å². The number of carbonyl (C=O) groups is 2. The maximum atomic E-state index is 13.7. The van der Waals surface area contributed by atoms with Crippen LogP contribution in [0.4, 0.5) is 0 Å². The molecule has 7 nitrogen and oxygen atoms in total. The number of para-hydroxylation sites is 2. The summed E-state index contributed by atoms with van der Waals surface area (Å²) in [4.78, 5) is 31.7. The lowest BCUT2D eigenvalue weighted by molar-refractivity contribution is -0.136. The lowest BCUT2D eigenvalue weighted by Gasteiger charge is -2.37. The molecule has 2 amide bonds. The van der Waals surface area contributed by atoms with E-state index in [2.05, 4.69) is 11.4 Å². The molecular formula is C28H32N2O5S. The summed E-state index contributed by atoms with van der Waals surface area (Å²) in [5.41, 5.74) is 1.62. The van der Waals surface area contributed by atoms with Gasteiger partial charge < -0.3 is 24.0 Å². The van der Waals surface area contributed by atoms with Crippen molar-refractivity contribution in [3.63, 3.8) is 0 Å². The van der Waals surface area contributed by atoms with Crippen LogP contribution in [-0.2, 0) is 11.2 Å². The SMILES string of the molecule is COc1ccc(C(=O)N(CC(=O)N2CCc3sccc3C2COc2ccccc2OC)C(C)C)cc1. The summed E-state index contributed by atoms with van der Waals surface area (Å²) in [6.07, 6.45) is 0.790. The van der Waals surface area contributed by atoms with Crippen LogP contribution in [0.2, 0.25) is 0 Å². The fourth-order valence-electron chi connectivity index (χ4n) is 4.41. The minimum absolute atomic E-state index is 0.00679. The monoisotopic (exact) mass is 508 g/mol. The van der Waals surface area contributed by atoms with Gasteiger partial charge >= 0.3 is 0 Å². The topological polar surface area (TPSA) is 68.3 Å². The highest BCUT2D eigenvalue weighted by atomic mass is 32.1. The van der Waals surface area contributed by atoms with Gasteiger partial charge in [0, 0.05) is 23.0 Å². The first kappa shape index (κ1) is 25.6. The first-order valence-corrected chi connectivity index (χ1v) is 12.9. The highest BCUT2D eigenvalue weighted by Crippen LogP contribution is 2.35. The van der Waals surface area contributed by atoms with Crippen molar-refractivity contribution in [1.29, 1.82) is 0 Å². The number of benzene rings is 2. The predicted molar refractivity (Wildman–Crippen MR) is 140 cm³/mol. The van der Waals surface area contributed by atoms with Crippen LogP contribution in [-0.4, -0.2) is 61.6 Å². The van der Waals surface area contributed by atoms with Crippen molar-refractivity contribution in [2.24, 2.45) is 0 Å². The highest BCUT2D eigenvalue weighted by molar-refractivity contribution is 7.10. The minimum Gasteiger partial charge on any atom is -0.497 e. The summed E-state index contributed by atoms with van der Waals surface area (Å²) in [6, 6.07) is 16.1. The van der Waals surface area contributed by atoms with Crippen LogP contribution in [0.1, 0.15) is 40.7 Å². The minimum atomic E-state index is -0.248. The Labute approximate surface area is 216 Å². The molecule has 4 rings (SSSR count). The van der Waals surface area contributed by atoms with Crippen molar-refractivity contribution in [3.05, 3.63) is 76.0 Å². The molecule has 0 aliphatic carbocycles. The fraction of sp³-hybridized carbons (Fsp3) is 0.357. The molecule has 1 unspecified atom stereocenters. The maximum absolute atomic E-state index is 13.7. The van der Waals surface area contributed by atoms with Crippen LogP contribution >= 0.6 is 11.3 Å². The van der Waals surface area contributed by atoms with Gasteiger partial charge in [0.05, 0.1) is 20.3 Å². The molecule has 0 saturated carbocycles. The second-order valence-electron chi connectivity index (χ2n) is 8.87. The molecular weight excluding hydrogens is 476 g/mol. The zero-order valence-electron chi connectivity index (χ0n) is 21.1. The van der Waals surface area contributed by atoms with Gasteiger partial charge in [0.1, 0.15) is 18.9 Å². The van der Waals surface area contributed by atoms with E-state index in [1.165, 1.54) is 4.88 Å². The van der Waals surface area contributed by atoms with Crippen LogP contribution in [0.25, 0.3) is 0 Å². The number of nitrogens with zero attached hydrogens (tertiary/aromatic N) is 2. The van der Waals surface area contributed by atoms with E-state index in [-0.39, 0.29) is 30.4 Å². The summed E-state index contributed by atoms with van der Waals surface area (Å²) in [6.45, 7) is 4.71. The Hall–Kier alpha value is -3.52. The number of hydrogen-bond acceptors (Lipinski definition) is 6. The molecule has 8 heteroatoms. The number of carbonyl (C=O) groups excluding carboxylic acids is 2. The van der Waals surface area contributed by atoms with E-state index in [1.807, 2.05) is 43.0 Å². The second-order valence-corrected chi connectivity index (χ2v) is 9.87. The third-order valence-corrected chi connectivity index (χ3v) is 7.40. The van der Waals surface area contributed by atoms with Crippen molar-refractivity contribution >= 4 is 23.2 Å². The van der Waals surface area contributed by atoms with Crippen molar-refractivity contribution in [3.8, 4) is 17.2 Å². The zero-order chi connectivity index (χ0) is 25.7. The average Bonchev–Trinajstić information content (AvgIpc) is 3.39. The highest BCUT2D eigenvalue weighted by Gasteiger charge is 2.34. The molecule has 0 bridgehead atoms. The Morgan fingerprint density at radius 3 is 2.42 bits per heavy atom. The molecule has 0 N–H and O–H groups in total. The van der Waals surface area contributed by atoms with E-state index in [0.29, 0.717) is 36.0 Å². The first-order chi connectivity index (χ1) is 17.4. The van der Waals surface area contributed by atoms with Gasteiger partial charge in [-0.15, -0.1) is 11.3 Å². The number of fused-ring (bicyclic) bond motifs is 1.